The third kappa shape index (κ3) is 3.60. The summed E-state index contributed by atoms with van der Waals surface area (Å²) >= 11 is 3.18. The second kappa shape index (κ2) is 7.00. The maximum absolute atomic E-state index is 13.9. The molecule has 2 aromatic rings. The minimum absolute atomic E-state index is 0.203. The van der Waals surface area contributed by atoms with Crippen molar-refractivity contribution in [1.82, 2.24) is 5.32 Å². The summed E-state index contributed by atoms with van der Waals surface area (Å²) in [5.41, 5.74) is 1.61. The standard InChI is InChI=1S/C16H16BrF2NO/c1-3-20-16(10-4-6-13(18)12(17)8-10)11-5-7-15(21-2)14(19)9-11/h4-9,16,20H,3H2,1-2H3. The molecule has 112 valence electrons. The number of hydrogen-bond acceptors (Lipinski definition) is 2. The summed E-state index contributed by atoms with van der Waals surface area (Å²) in [6.07, 6.45) is 0. The first-order valence-corrected chi connectivity index (χ1v) is 7.38. The largest absolute Gasteiger partial charge is 0.494 e. The lowest BCUT2D eigenvalue weighted by atomic mass is 9.98. The van der Waals surface area contributed by atoms with E-state index in [9.17, 15) is 8.78 Å². The first kappa shape index (κ1) is 15.9. The molecule has 2 aromatic carbocycles. The second-order valence-corrected chi connectivity index (χ2v) is 5.41. The van der Waals surface area contributed by atoms with Gasteiger partial charge in [0.25, 0.3) is 0 Å². The van der Waals surface area contributed by atoms with Crippen LogP contribution in [0.1, 0.15) is 24.1 Å². The Bertz CT molecular complexity index is 634. The van der Waals surface area contributed by atoms with Crippen molar-refractivity contribution >= 4 is 15.9 Å². The van der Waals surface area contributed by atoms with E-state index in [1.165, 1.54) is 19.2 Å². The van der Waals surface area contributed by atoms with Crippen LogP contribution in [0.15, 0.2) is 40.9 Å². The molecule has 0 fully saturated rings. The summed E-state index contributed by atoms with van der Waals surface area (Å²) in [6, 6.07) is 9.39. The molecule has 1 atom stereocenters. The van der Waals surface area contributed by atoms with Crippen molar-refractivity contribution in [2.45, 2.75) is 13.0 Å². The van der Waals surface area contributed by atoms with Crippen LogP contribution in [0.5, 0.6) is 5.75 Å². The fourth-order valence-corrected chi connectivity index (χ4v) is 2.58. The average molecular weight is 356 g/mol. The Balaban J connectivity index is 2.42. The van der Waals surface area contributed by atoms with Crippen molar-refractivity contribution < 1.29 is 13.5 Å². The number of ether oxygens (including phenoxy) is 1. The maximum Gasteiger partial charge on any atom is 0.165 e. The van der Waals surface area contributed by atoms with Crippen LogP contribution in [0, 0.1) is 11.6 Å². The van der Waals surface area contributed by atoms with E-state index in [0.717, 1.165) is 11.1 Å². The molecule has 0 aliphatic heterocycles. The van der Waals surface area contributed by atoms with Crippen LogP contribution in [0.25, 0.3) is 0 Å². The Kier molecular flexibility index (Phi) is 5.31. The lowest BCUT2D eigenvalue weighted by Gasteiger charge is -2.20. The van der Waals surface area contributed by atoms with Gasteiger partial charge in [-0.1, -0.05) is 19.1 Å². The van der Waals surface area contributed by atoms with E-state index in [-0.39, 0.29) is 17.6 Å². The summed E-state index contributed by atoms with van der Waals surface area (Å²) in [7, 11) is 1.43. The topological polar surface area (TPSA) is 21.3 Å². The van der Waals surface area contributed by atoms with E-state index in [4.69, 9.17) is 4.74 Å². The van der Waals surface area contributed by atoms with Gasteiger partial charge in [-0.05, 0) is 57.9 Å². The molecule has 0 aromatic heterocycles. The van der Waals surface area contributed by atoms with Crippen molar-refractivity contribution in [3.8, 4) is 5.75 Å². The monoisotopic (exact) mass is 355 g/mol. The molecule has 0 aliphatic rings. The average Bonchev–Trinajstić information content (AvgIpc) is 2.48. The molecule has 2 nitrogen and oxygen atoms in total. The van der Waals surface area contributed by atoms with E-state index in [0.29, 0.717) is 11.0 Å². The van der Waals surface area contributed by atoms with E-state index < -0.39 is 5.82 Å². The minimum Gasteiger partial charge on any atom is -0.494 e. The zero-order chi connectivity index (χ0) is 15.4. The molecule has 0 heterocycles. The molecular formula is C16H16BrF2NO. The molecule has 0 aliphatic carbocycles. The summed E-state index contributed by atoms with van der Waals surface area (Å²) in [4.78, 5) is 0. The fraction of sp³-hybridized carbons (Fsp3) is 0.250. The predicted octanol–water partition coefficient (Wildman–Crippen LogP) is 4.43. The van der Waals surface area contributed by atoms with Crippen LogP contribution >= 0.6 is 15.9 Å². The molecule has 0 bridgehead atoms. The van der Waals surface area contributed by atoms with Gasteiger partial charge in [-0.2, -0.15) is 0 Å². The lowest BCUT2D eigenvalue weighted by molar-refractivity contribution is 0.385. The molecule has 0 spiro atoms. The zero-order valence-electron chi connectivity index (χ0n) is 11.8. The lowest BCUT2D eigenvalue weighted by Crippen LogP contribution is -2.22. The van der Waals surface area contributed by atoms with Gasteiger partial charge in [-0.3, -0.25) is 0 Å². The first-order valence-electron chi connectivity index (χ1n) is 6.58. The van der Waals surface area contributed by atoms with Gasteiger partial charge in [0, 0.05) is 0 Å². The molecule has 1 unspecified atom stereocenters. The number of rotatable bonds is 5. The smallest absolute Gasteiger partial charge is 0.165 e. The van der Waals surface area contributed by atoms with Gasteiger partial charge in [-0.15, -0.1) is 0 Å². The van der Waals surface area contributed by atoms with Crippen LogP contribution in [-0.2, 0) is 0 Å². The van der Waals surface area contributed by atoms with Crippen LogP contribution in [-0.4, -0.2) is 13.7 Å². The van der Waals surface area contributed by atoms with E-state index >= 15 is 0 Å². The maximum atomic E-state index is 13.9. The Hall–Kier alpha value is -1.46. The summed E-state index contributed by atoms with van der Waals surface area (Å²) in [5.74, 6) is -0.539. The van der Waals surface area contributed by atoms with Gasteiger partial charge >= 0.3 is 0 Å². The summed E-state index contributed by atoms with van der Waals surface area (Å²) < 4.78 is 32.6. The molecule has 2 rings (SSSR count). The van der Waals surface area contributed by atoms with Crippen LogP contribution < -0.4 is 10.1 Å². The second-order valence-electron chi connectivity index (χ2n) is 4.56. The van der Waals surface area contributed by atoms with Gasteiger partial charge in [0.15, 0.2) is 11.6 Å². The molecule has 0 saturated carbocycles. The van der Waals surface area contributed by atoms with Crippen molar-refractivity contribution in [3.63, 3.8) is 0 Å². The van der Waals surface area contributed by atoms with Gasteiger partial charge < -0.3 is 10.1 Å². The minimum atomic E-state index is -0.418. The molecule has 21 heavy (non-hydrogen) atoms. The molecule has 5 heteroatoms. The molecule has 0 radical (unpaired) electrons. The van der Waals surface area contributed by atoms with E-state index in [2.05, 4.69) is 21.2 Å². The zero-order valence-corrected chi connectivity index (χ0v) is 13.4. The van der Waals surface area contributed by atoms with Crippen LogP contribution in [0.3, 0.4) is 0 Å². The third-order valence-electron chi connectivity index (χ3n) is 3.19. The number of nitrogens with one attached hydrogen (secondary N) is 1. The van der Waals surface area contributed by atoms with Gasteiger partial charge in [0.1, 0.15) is 5.82 Å². The number of methoxy groups -OCH3 is 1. The Morgan fingerprint density at radius 3 is 2.33 bits per heavy atom. The molecule has 0 amide bonds. The number of halogens is 3. The highest BCUT2D eigenvalue weighted by atomic mass is 79.9. The Labute approximate surface area is 131 Å². The highest BCUT2D eigenvalue weighted by molar-refractivity contribution is 9.10. The van der Waals surface area contributed by atoms with Gasteiger partial charge in [0.05, 0.1) is 17.6 Å². The first-order chi connectivity index (χ1) is 10.1. The Morgan fingerprint density at radius 1 is 1.10 bits per heavy atom. The van der Waals surface area contributed by atoms with Crippen molar-refractivity contribution in [3.05, 3.63) is 63.6 Å². The van der Waals surface area contributed by atoms with Crippen LogP contribution in [0.4, 0.5) is 8.78 Å². The van der Waals surface area contributed by atoms with Gasteiger partial charge in [-0.25, -0.2) is 8.78 Å². The molecule has 0 saturated heterocycles. The fourth-order valence-electron chi connectivity index (χ4n) is 2.19. The highest BCUT2D eigenvalue weighted by Gasteiger charge is 2.16. The number of benzene rings is 2. The summed E-state index contributed by atoms with van der Waals surface area (Å²) in [5, 5.41) is 3.28. The summed E-state index contributed by atoms with van der Waals surface area (Å²) in [6.45, 7) is 2.67. The van der Waals surface area contributed by atoms with E-state index in [1.54, 1.807) is 24.3 Å². The van der Waals surface area contributed by atoms with Crippen molar-refractivity contribution in [2.24, 2.45) is 0 Å². The van der Waals surface area contributed by atoms with Gasteiger partial charge in [0.2, 0.25) is 0 Å². The molecular weight excluding hydrogens is 340 g/mol. The molecule has 1 N–H and O–H groups in total. The Morgan fingerprint density at radius 2 is 1.76 bits per heavy atom. The van der Waals surface area contributed by atoms with Crippen molar-refractivity contribution in [2.75, 3.05) is 13.7 Å². The third-order valence-corrected chi connectivity index (χ3v) is 3.80. The van der Waals surface area contributed by atoms with Crippen LogP contribution in [0.2, 0.25) is 0 Å². The highest BCUT2D eigenvalue weighted by Crippen LogP contribution is 2.28. The normalized spacial score (nSPS) is 12.2. The SMILES string of the molecule is CCNC(c1ccc(OC)c(F)c1)c1ccc(F)c(Br)c1. The number of hydrogen-bond donors (Lipinski definition) is 1. The predicted molar refractivity (Wildman–Crippen MR) is 82.6 cm³/mol. The van der Waals surface area contributed by atoms with Crippen molar-refractivity contribution in [1.29, 1.82) is 0 Å². The quantitative estimate of drug-likeness (QED) is 0.856. The van der Waals surface area contributed by atoms with E-state index in [1.807, 2.05) is 6.92 Å².